The number of halogens is 1. The van der Waals surface area contributed by atoms with Crippen LogP contribution in [0.2, 0.25) is 5.02 Å². The van der Waals surface area contributed by atoms with Crippen LogP contribution in [-0.2, 0) is 0 Å². The Hall–Kier alpha value is -2.27. The standard InChI is InChI=1S/C13H10ClNO4/c1-7-4-5-19-11(7)12(16)15-10-3-2-8(14)6-9(10)13(17)18/h2-6H,1H3,(H,15,16)(H,17,18). The molecule has 19 heavy (non-hydrogen) atoms. The van der Waals surface area contributed by atoms with Crippen molar-refractivity contribution >= 4 is 29.2 Å². The smallest absolute Gasteiger partial charge is 0.337 e. The molecule has 0 bridgehead atoms. The third kappa shape index (κ3) is 2.77. The fourth-order valence-corrected chi connectivity index (χ4v) is 1.76. The summed E-state index contributed by atoms with van der Waals surface area (Å²) in [7, 11) is 0. The largest absolute Gasteiger partial charge is 0.478 e. The van der Waals surface area contributed by atoms with Crippen molar-refractivity contribution < 1.29 is 19.1 Å². The topological polar surface area (TPSA) is 79.5 Å². The van der Waals surface area contributed by atoms with E-state index in [-0.39, 0.29) is 22.0 Å². The van der Waals surface area contributed by atoms with Crippen molar-refractivity contribution in [3.8, 4) is 0 Å². The van der Waals surface area contributed by atoms with E-state index in [9.17, 15) is 9.59 Å². The Morgan fingerprint density at radius 2 is 2.05 bits per heavy atom. The lowest BCUT2D eigenvalue weighted by Crippen LogP contribution is -2.15. The molecule has 0 aliphatic rings. The van der Waals surface area contributed by atoms with Gasteiger partial charge in [-0.05, 0) is 31.2 Å². The molecule has 0 unspecified atom stereocenters. The highest BCUT2D eigenvalue weighted by molar-refractivity contribution is 6.31. The molecule has 0 radical (unpaired) electrons. The zero-order valence-electron chi connectivity index (χ0n) is 9.94. The minimum atomic E-state index is -1.17. The molecule has 1 amide bonds. The van der Waals surface area contributed by atoms with E-state index in [1.807, 2.05) is 0 Å². The molecule has 0 atom stereocenters. The predicted molar refractivity (Wildman–Crippen MR) is 69.8 cm³/mol. The van der Waals surface area contributed by atoms with Crippen LogP contribution >= 0.6 is 11.6 Å². The normalized spacial score (nSPS) is 10.2. The summed E-state index contributed by atoms with van der Waals surface area (Å²) >= 11 is 5.73. The first-order valence-electron chi connectivity index (χ1n) is 5.37. The van der Waals surface area contributed by atoms with Crippen LogP contribution in [0, 0.1) is 6.92 Å². The first-order valence-corrected chi connectivity index (χ1v) is 5.75. The van der Waals surface area contributed by atoms with E-state index < -0.39 is 11.9 Å². The minimum Gasteiger partial charge on any atom is -0.478 e. The molecule has 6 heteroatoms. The second kappa shape index (κ2) is 5.16. The monoisotopic (exact) mass is 279 g/mol. The molecule has 5 nitrogen and oxygen atoms in total. The van der Waals surface area contributed by atoms with Gasteiger partial charge in [-0.2, -0.15) is 0 Å². The molecule has 1 aromatic carbocycles. The van der Waals surface area contributed by atoms with Crippen LogP contribution in [0.25, 0.3) is 0 Å². The van der Waals surface area contributed by atoms with Gasteiger partial charge in [0, 0.05) is 10.6 Å². The number of aryl methyl sites for hydroxylation is 1. The van der Waals surface area contributed by atoms with Crippen molar-refractivity contribution in [2.75, 3.05) is 5.32 Å². The summed E-state index contributed by atoms with van der Waals surface area (Å²) in [6.45, 7) is 1.72. The van der Waals surface area contributed by atoms with Crippen LogP contribution in [0.1, 0.15) is 26.5 Å². The van der Waals surface area contributed by atoms with Crippen molar-refractivity contribution in [3.63, 3.8) is 0 Å². The summed E-state index contributed by atoms with van der Waals surface area (Å²) in [6, 6.07) is 5.85. The van der Waals surface area contributed by atoms with Gasteiger partial charge in [0.1, 0.15) is 0 Å². The Labute approximate surface area is 113 Å². The lowest BCUT2D eigenvalue weighted by Gasteiger charge is -2.08. The number of hydrogen-bond acceptors (Lipinski definition) is 3. The molecule has 0 saturated heterocycles. The third-order valence-electron chi connectivity index (χ3n) is 2.53. The van der Waals surface area contributed by atoms with Gasteiger partial charge in [-0.1, -0.05) is 11.6 Å². The zero-order valence-corrected chi connectivity index (χ0v) is 10.7. The Bertz CT molecular complexity index is 648. The van der Waals surface area contributed by atoms with Gasteiger partial charge in [0.15, 0.2) is 5.76 Å². The maximum Gasteiger partial charge on any atom is 0.337 e. The van der Waals surface area contributed by atoms with Gasteiger partial charge in [0.25, 0.3) is 5.91 Å². The summed E-state index contributed by atoms with van der Waals surface area (Å²) in [5, 5.41) is 11.8. The van der Waals surface area contributed by atoms with Crippen LogP contribution in [0.4, 0.5) is 5.69 Å². The quantitative estimate of drug-likeness (QED) is 0.904. The van der Waals surface area contributed by atoms with Gasteiger partial charge in [-0.15, -0.1) is 0 Å². The van der Waals surface area contributed by atoms with Gasteiger partial charge in [0.2, 0.25) is 0 Å². The summed E-state index contributed by atoms with van der Waals surface area (Å²) in [4.78, 5) is 23.0. The number of hydrogen-bond donors (Lipinski definition) is 2. The highest BCUT2D eigenvalue weighted by Gasteiger charge is 2.17. The van der Waals surface area contributed by atoms with E-state index in [1.54, 1.807) is 13.0 Å². The van der Waals surface area contributed by atoms with E-state index in [1.165, 1.54) is 24.5 Å². The summed E-state index contributed by atoms with van der Waals surface area (Å²) < 4.78 is 5.04. The van der Waals surface area contributed by atoms with E-state index in [0.29, 0.717) is 5.56 Å². The van der Waals surface area contributed by atoms with Crippen LogP contribution < -0.4 is 5.32 Å². The first kappa shape index (κ1) is 13.2. The predicted octanol–water partition coefficient (Wildman–Crippen LogP) is 3.19. The number of benzene rings is 1. The first-order chi connectivity index (χ1) is 8.99. The van der Waals surface area contributed by atoms with Crippen LogP contribution in [0.3, 0.4) is 0 Å². The molecular weight excluding hydrogens is 270 g/mol. The van der Waals surface area contributed by atoms with Gasteiger partial charge in [-0.3, -0.25) is 4.79 Å². The Morgan fingerprint density at radius 1 is 1.32 bits per heavy atom. The van der Waals surface area contributed by atoms with Gasteiger partial charge in [0.05, 0.1) is 17.5 Å². The van der Waals surface area contributed by atoms with E-state index in [2.05, 4.69) is 5.32 Å². The Kier molecular flexibility index (Phi) is 3.57. The second-order valence-electron chi connectivity index (χ2n) is 3.88. The number of carbonyl (C=O) groups excluding carboxylic acids is 1. The van der Waals surface area contributed by atoms with Crippen molar-refractivity contribution in [1.29, 1.82) is 0 Å². The number of anilines is 1. The SMILES string of the molecule is Cc1ccoc1C(=O)Nc1ccc(Cl)cc1C(=O)O. The number of nitrogens with one attached hydrogen (secondary N) is 1. The highest BCUT2D eigenvalue weighted by atomic mass is 35.5. The van der Waals surface area contributed by atoms with Gasteiger partial charge >= 0.3 is 5.97 Å². The van der Waals surface area contributed by atoms with Crippen molar-refractivity contribution in [1.82, 2.24) is 0 Å². The van der Waals surface area contributed by atoms with Crippen molar-refractivity contribution in [2.24, 2.45) is 0 Å². The average molecular weight is 280 g/mol. The number of carboxylic acids is 1. The molecule has 0 fully saturated rings. The van der Waals surface area contributed by atoms with Crippen LogP contribution in [0.15, 0.2) is 34.9 Å². The second-order valence-corrected chi connectivity index (χ2v) is 4.32. The van der Waals surface area contributed by atoms with Gasteiger partial charge < -0.3 is 14.8 Å². The van der Waals surface area contributed by atoms with Crippen LogP contribution in [0.5, 0.6) is 0 Å². The van der Waals surface area contributed by atoms with E-state index in [0.717, 1.165) is 0 Å². The van der Waals surface area contributed by atoms with E-state index >= 15 is 0 Å². The molecule has 1 heterocycles. The van der Waals surface area contributed by atoms with Crippen molar-refractivity contribution in [3.05, 3.63) is 52.4 Å². The molecule has 2 N–H and O–H groups in total. The molecule has 2 rings (SSSR count). The summed E-state index contributed by atoms with van der Waals surface area (Å²) in [5.74, 6) is -1.53. The fourth-order valence-electron chi connectivity index (χ4n) is 1.59. The lowest BCUT2D eigenvalue weighted by molar-refractivity contribution is 0.0698. The molecule has 0 aliphatic carbocycles. The molecule has 98 valence electrons. The third-order valence-corrected chi connectivity index (χ3v) is 2.76. The molecule has 0 aliphatic heterocycles. The zero-order chi connectivity index (χ0) is 14.0. The number of rotatable bonds is 3. The van der Waals surface area contributed by atoms with Crippen LogP contribution in [-0.4, -0.2) is 17.0 Å². The minimum absolute atomic E-state index is 0.0786. The number of aromatic carboxylic acids is 1. The summed E-state index contributed by atoms with van der Waals surface area (Å²) in [5.41, 5.74) is 0.756. The maximum absolute atomic E-state index is 11.9. The van der Waals surface area contributed by atoms with Gasteiger partial charge in [-0.25, -0.2) is 4.79 Å². The molecule has 1 aromatic heterocycles. The fraction of sp³-hybridized carbons (Fsp3) is 0.0769. The summed E-state index contributed by atoms with van der Waals surface area (Å²) in [6.07, 6.45) is 1.39. The van der Waals surface area contributed by atoms with E-state index in [4.69, 9.17) is 21.1 Å². The number of carbonyl (C=O) groups is 2. The molecular formula is C13H10ClNO4. The highest BCUT2D eigenvalue weighted by Crippen LogP contribution is 2.22. The molecule has 2 aromatic rings. The molecule has 0 saturated carbocycles. The number of furan rings is 1. The maximum atomic E-state index is 11.9. The Morgan fingerprint density at radius 3 is 2.63 bits per heavy atom. The Balaban J connectivity index is 2.32. The van der Waals surface area contributed by atoms with Crippen molar-refractivity contribution in [2.45, 2.75) is 6.92 Å². The lowest BCUT2D eigenvalue weighted by atomic mass is 10.1. The number of carboxylic acid groups (broad SMARTS) is 1. The molecule has 0 spiro atoms. The average Bonchev–Trinajstić information content (AvgIpc) is 2.77. The number of amides is 1.